The highest BCUT2D eigenvalue weighted by molar-refractivity contribution is 6.32. The van der Waals surface area contributed by atoms with Gasteiger partial charge in [-0.15, -0.1) is 11.6 Å². The Balaban J connectivity index is 1.97. The van der Waals surface area contributed by atoms with Crippen molar-refractivity contribution in [2.45, 2.75) is 18.7 Å². The Bertz CT molecular complexity index is 415. The van der Waals surface area contributed by atoms with Gasteiger partial charge in [0.1, 0.15) is 5.82 Å². The molecule has 0 radical (unpaired) electrons. The third-order valence-electron chi connectivity index (χ3n) is 3.63. The molecule has 19 heavy (non-hydrogen) atoms. The molecule has 2 heterocycles. The fraction of sp³-hybridized carbons (Fsp3) is 0.643. The Kier molecular flexibility index (Phi) is 5.31. The zero-order chi connectivity index (χ0) is 13.8. The van der Waals surface area contributed by atoms with Gasteiger partial charge in [-0.05, 0) is 44.5 Å². The molecule has 0 atom stereocenters. The summed E-state index contributed by atoms with van der Waals surface area (Å²) in [6.45, 7) is 3.30. The van der Waals surface area contributed by atoms with Crippen LogP contribution in [0.5, 0.6) is 0 Å². The zero-order valence-corrected chi connectivity index (χ0v) is 13.1. The van der Waals surface area contributed by atoms with E-state index < -0.39 is 0 Å². The minimum Gasteiger partial charge on any atom is -0.357 e. The van der Waals surface area contributed by atoms with Gasteiger partial charge in [0.05, 0.1) is 5.02 Å². The summed E-state index contributed by atoms with van der Waals surface area (Å²) in [6, 6.07) is 2.02. The molecular weight excluding hydrogens is 281 g/mol. The highest BCUT2D eigenvalue weighted by atomic mass is 35.5. The van der Waals surface area contributed by atoms with Crippen molar-refractivity contribution in [3.05, 3.63) is 22.8 Å². The predicted molar refractivity (Wildman–Crippen MR) is 82.3 cm³/mol. The van der Waals surface area contributed by atoms with Gasteiger partial charge in [-0.2, -0.15) is 0 Å². The molecule has 0 unspecified atom stereocenters. The van der Waals surface area contributed by atoms with Crippen LogP contribution >= 0.6 is 23.2 Å². The Morgan fingerprint density at radius 3 is 2.63 bits per heavy atom. The molecule has 0 saturated carbocycles. The van der Waals surface area contributed by atoms with Crippen molar-refractivity contribution < 1.29 is 0 Å². The highest BCUT2D eigenvalue weighted by Gasteiger charge is 2.21. The summed E-state index contributed by atoms with van der Waals surface area (Å²) in [7, 11) is 4.28. The maximum absolute atomic E-state index is 6.04. The largest absolute Gasteiger partial charge is 0.357 e. The highest BCUT2D eigenvalue weighted by Crippen LogP contribution is 2.26. The number of anilines is 1. The number of piperidine rings is 1. The topological polar surface area (TPSA) is 19.4 Å². The molecule has 1 fully saturated rings. The lowest BCUT2D eigenvalue weighted by molar-refractivity contribution is 0.284. The van der Waals surface area contributed by atoms with E-state index in [-0.39, 0.29) is 0 Å². The lowest BCUT2D eigenvalue weighted by Crippen LogP contribution is -2.37. The first-order chi connectivity index (χ1) is 9.10. The van der Waals surface area contributed by atoms with Gasteiger partial charge in [-0.25, -0.2) is 4.98 Å². The molecule has 1 aromatic heterocycles. The molecule has 2 rings (SSSR count). The Hall–Kier alpha value is -0.510. The van der Waals surface area contributed by atoms with Crippen LogP contribution in [0.3, 0.4) is 0 Å². The monoisotopic (exact) mass is 301 g/mol. The van der Waals surface area contributed by atoms with Crippen LogP contribution in [-0.2, 0) is 5.88 Å². The van der Waals surface area contributed by atoms with Gasteiger partial charge in [-0.1, -0.05) is 11.6 Å². The second kappa shape index (κ2) is 6.78. The van der Waals surface area contributed by atoms with E-state index in [0.717, 1.165) is 30.4 Å². The third-order valence-corrected chi connectivity index (χ3v) is 4.25. The minimum atomic E-state index is 0.436. The fourth-order valence-electron chi connectivity index (χ4n) is 2.60. The van der Waals surface area contributed by atoms with Gasteiger partial charge >= 0.3 is 0 Å². The Labute approximate surface area is 125 Å². The quantitative estimate of drug-likeness (QED) is 0.796. The van der Waals surface area contributed by atoms with Crippen molar-refractivity contribution in [1.29, 1.82) is 0 Å². The lowest BCUT2D eigenvalue weighted by atomic mass is 9.96. The van der Waals surface area contributed by atoms with Gasteiger partial charge in [0.2, 0.25) is 0 Å². The van der Waals surface area contributed by atoms with E-state index in [2.05, 4.69) is 28.9 Å². The van der Waals surface area contributed by atoms with Crippen molar-refractivity contribution in [1.82, 2.24) is 9.88 Å². The molecule has 106 valence electrons. The molecule has 1 aliphatic rings. The summed E-state index contributed by atoms with van der Waals surface area (Å²) in [5, 5.41) is 0.654. The van der Waals surface area contributed by atoms with E-state index >= 15 is 0 Å². The van der Waals surface area contributed by atoms with Gasteiger partial charge in [0, 0.05) is 31.7 Å². The standard InChI is InChI=1S/C14H21Cl2N3/c1-18(2)10-11-3-5-19(6-4-11)14-7-12(8-15)13(16)9-17-14/h7,9,11H,3-6,8,10H2,1-2H3. The number of hydrogen-bond acceptors (Lipinski definition) is 3. The van der Waals surface area contributed by atoms with Crippen molar-refractivity contribution in [2.75, 3.05) is 38.6 Å². The summed E-state index contributed by atoms with van der Waals surface area (Å²) in [4.78, 5) is 9.02. The summed E-state index contributed by atoms with van der Waals surface area (Å²) in [6.07, 6.45) is 4.15. The van der Waals surface area contributed by atoms with Crippen LogP contribution in [0, 0.1) is 5.92 Å². The smallest absolute Gasteiger partial charge is 0.128 e. The molecule has 0 aromatic carbocycles. The molecule has 1 aliphatic heterocycles. The maximum Gasteiger partial charge on any atom is 0.128 e. The van der Waals surface area contributed by atoms with Crippen molar-refractivity contribution >= 4 is 29.0 Å². The van der Waals surface area contributed by atoms with E-state index in [1.165, 1.54) is 19.4 Å². The molecule has 0 amide bonds. The molecule has 0 bridgehead atoms. The van der Waals surface area contributed by atoms with Crippen LogP contribution in [0.15, 0.2) is 12.3 Å². The minimum absolute atomic E-state index is 0.436. The SMILES string of the molecule is CN(C)CC1CCN(c2cc(CCl)c(Cl)cn2)CC1. The summed E-state index contributed by atoms with van der Waals surface area (Å²) in [5.74, 6) is 2.24. The van der Waals surface area contributed by atoms with E-state index in [4.69, 9.17) is 23.2 Å². The number of halogens is 2. The number of pyridine rings is 1. The number of nitrogens with zero attached hydrogens (tertiary/aromatic N) is 3. The lowest BCUT2D eigenvalue weighted by Gasteiger charge is -2.34. The molecule has 1 aromatic rings. The van der Waals surface area contributed by atoms with Crippen molar-refractivity contribution in [2.24, 2.45) is 5.92 Å². The first kappa shape index (κ1) is 14.9. The summed E-state index contributed by atoms with van der Waals surface area (Å²) in [5.41, 5.74) is 0.962. The average molecular weight is 302 g/mol. The van der Waals surface area contributed by atoms with E-state index in [1.54, 1.807) is 6.20 Å². The van der Waals surface area contributed by atoms with E-state index in [1.807, 2.05) is 6.07 Å². The number of hydrogen-bond donors (Lipinski definition) is 0. The van der Waals surface area contributed by atoms with Crippen LogP contribution in [0.25, 0.3) is 0 Å². The van der Waals surface area contributed by atoms with Crippen LogP contribution in [0.2, 0.25) is 5.02 Å². The second-order valence-electron chi connectivity index (χ2n) is 5.46. The molecule has 0 spiro atoms. The Morgan fingerprint density at radius 2 is 2.05 bits per heavy atom. The molecular formula is C14H21Cl2N3. The van der Waals surface area contributed by atoms with Gasteiger partial charge in [0.25, 0.3) is 0 Å². The fourth-order valence-corrected chi connectivity index (χ4v) is 3.06. The number of rotatable bonds is 4. The van der Waals surface area contributed by atoms with Gasteiger partial charge in [0.15, 0.2) is 0 Å². The first-order valence-corrected chi connectivity index (χ1v) is 7.61. The third kappa shape index (κ3) is 3.98. The summed E-state index contributed by atoms with van der Waals surface area (Å²) >= 11 is 11.9. The molecule has 0 N–H and O–H groups in total. The van der Waals surface area contributed by atoms with E-state index in [9.17, 15) is 0 Å². The number of aromatic nitrogens is 1. The van der Waals surface area contributed by atoms with Crippen LogP contribution in [0.1, 0.15) is 18.4 Å². The Morgan fingerprint density at radius 1 is 1.37 bits per heavy atom. The summed E-state index contributed by atoms with van der Waals surface area (Å²) < 4.78 is 0. The van der Waals surface area contributed by atoms with E-state index in [0.29, 0.717) is 10.9 Å². The normalized spacial score (nSPS) is 17.2. The molecule has 0 aliphatic carbocycles. The first-order valence-electron chi connectivity index (χ1n) is 6.70. The van der Waals surface area contributed by atoms with Crippen LogP contribution < -0.4 is 4.90 Å². The predicted octanol–water partition coefficient (Wildman–Crippen LogP) is 3.25. The molecule has 1 saturated heterocycles. The molecule has 5 heteroatoms. The van der Waals surface area contributed by atoms with Crippen molar-refractivity contribution in [3.63, 3.8) is 0 Å². The zero-order valence-electron chi connectivity index (χ0n) is 11.6. The second-order valence-corrected chi connectivity index (χ2v) is 6.13. The molecule has 3 nitrogen and oxygen atoms in total. The number of alkyl halides is 1. The van der Waals surface area contributed by atoms with Gasteiger partial charge < -0.3 is 9.80 Å². The van der Waals surface area contributed by atoms with Crippen LogP contribution in [-0.4, -0.2) is 43.6 Å². The van der Waals surface area contributed by atoms with Crippen LogP contribution in [0.4, 0.5) is 5.82 Å². The van der Waals surface area contributed by atoms with Gasteiger partial charge in [-0.3, -0.25) is 0 Å². The maximum atomic E-state index is 6.04. The van der Waals surface area contributed by atoms with Crippen molar-refractivity contribution in [3.8, 4) is 0 Å². The average Bonchev–Trinajstić information content (AvgIpc) is 2.40.